The predicted molar refractivity (Wildman–Crippen MR) is 108 cm³/mol. The van der Waals surface area contributed by atoms with Crippen LogP contribution in [-0.2, 0) is 9.53 Å². The first-order valence-electron chi connectivity index (χ1n) is 8.45. The van der Waals surface area contributed by atoms with Crippen molar-refractivity contribution in [2.24, 2.45) is 0 Å². The van der Waals surface area contributed by atoms with E-state index in [4.69, 9.17) is 0 Å². The fraction of sp³-hybridized carbons (Fsp3) is 0.105. The average Bonchev–Trinajstić information content (AvgIpc) is 3.09. The van der Waals surface area contributed by atoms with Gasteiger partial charge in [0, 0.05) is 17.8 Å². The standard InChI is InChI=1S/C19H15F2N5O3S/c1-10-17(18(28)24-11-3-5-13(20)14(21)7-11)19(30-26-10)25-15-9-22-8-12(23-15)4-6-16(27)29-2/h3-9H,1-2H3,(H,23,25)(H,24,28)/b6-4+. The summed E-state index contributed by atoms with van der Waals surface area (Å²) in [4.78, 5) is 32.2. The molecule has 0 atom stereocenters. The van der Waals surface area contributed by atoms with E-state index in [0.29, 0.717) is 22.2 Å². The molecule has 0 aliphatic carbocycles. The lowest BCUT2D eigenvalue weighted by Crippen LogP contribution is -2.14. The molecule has 0 radical (unpaired) electrons. The fourth-order valence-electron chi connectivity index (χ4n) is 2.35. The molecule has 30 heavy (non-hydrogen) atoms. The fourth-order valence-corrected chi connectivity index (χ4v) is 3.15. The van der Waals surface area contributed by atoms with Gasteiger partial charge < -0.3 is 15.4 Å². The Morgan fingerprint density at radius 1 is 1.20 bits per heavy atom. The number of hydrogen-bond acceptors (Lipinski definition) is 8. The first-order chi connectivity index (χ1) is 14.4. The minimum atomic E-state index is -1.07. The molecule has 0 saturated heterocycles. The number of aryl methyl sites for hydroxylation is 1. The number of aromatic nitrogens is 3. The summed E-state index contributed by atoms with van der Waals surface area (Å²) in [5.74, 6) is -2.86. The van der Waals surface area contributed by atoms with Crippen LogP contribution in [0, 0.1) is 18.6 Å². The monoisotopic (exact) mass is 431 g/mol. The van der Waals surface area contributed by atoms with Gasteiger partial charge in [-0.05, 0) is 36.7 Å². The summed E-state index contributed by atoms with van der Waals surface area (Å²) < 4.78 is 35.2. The molecule has 0 aliphatic rings. The summed E-state index contributed by atoms with van der Waals surface area (Å²) in [6.45, 7) is 1.64. The highest BCUT2D eigenvalue weighted by molar-refractivity contribution is 7.10. The summed E-state index contributed by atoms with van der Waals surface area (Å²) in [6.07, 6.45) is 5.50. The van der Waals surface area contributed by atoms with E-state index in [1.807, 2.05) is 0 Å². The Morgan fingerprint density at radius 2 is 2.00 bits per heavy atom. The van der Waals surface area contributed by atoms with E-state index in [-0.39, 0.29) is 11.3 Å². The maximum absolute atomic E-state index is 13.4. The van der Waals surface area contributed by atoms with Crippen molar-refractivity contribution in [1.29, 1.82) is 0 Å². The second-order valence-corrected chi connectivity index (χ2v) is 6.64. The number of rotatable bonds is 6. The topological polar surface area (TPSA) is 106 Å². The first-order valence-corrected chi connectivity index (χ1v) is 9.22. The summed E-state index contributed by atoms with van der Waals surface area (Å²) in [7, 11) is 1.26. The molecule has 2 heterocycles. The van der Waals surface area contributed by atoms with Gasteiger partial charge in [0.2, 0.25) is 0 Å². The van der Waals surface area contributed by atoms with Gasteiger partial charge in [-0.3, -0.25) is 9.78 Å². The number of nitrogens with one attached hydrogen (secondary N) is 2. The smallest absolute Gasteiger partial charge is 0.330 e. The highest BCUT2D eigenvalue weighted by Crippen LogP contribution is 2.28. The minimum absolute atomic E-state index is 0.102. The quantitative estimate of drug-likeness (QED) is 0.453. The molecule has 0 saturated carbocycles. The van der Waals surface area contributed by atoms with E-state index in [2.05, 4.69) is 29.7 Å². The third-order valence-corrected chi connectivity index (χ3v) is 4.61. The van der Waals surface area contributed by atoms with Gasteiger partial charge in [0.05, 0.1) is 36.5 Å². The lowest BCUT2D eigenvalue weighted by Gasteiger charge is -2.08. The molecule has 0 bridgehead atoms. The van der Waals surface area contributed by atoms with Gasteiger partial charge in [-0.1, -0.05) is 0 Å². The molecule has 0 aliphatic heterocycles. The lowest BCUT2D eigenvalue weighted by molar-refractivity contribution is -0.134. The van der Waals surface area contributed by atoms with Crippen molar-refractivity contribution in [3.8, 4) is 0 Å². The number of benzene rings is 1. The summed E-state index contributed by atoms with van der Waals surface area (Å²) in [6, 6.07) is 3.06. The largest absolute Gasteiger partial charge is 0.466 e. The van der Waals surface area contributed by atoms with Gasteiger partial charge in [-0.15, -0.1) is 0 Å². The van der Waals surface area contributed by atoms with Crippen LogP contribution < -0.4 is 10.6 Å². The average molecular weight is 431 g/mol. The number of esters is 1. The van der Waals surface area contributed by atoms with E-state index in [0.717, 1.165) is 23.7 Å². The summed E-state index contributed by atoms with van der Waals surface area (Å²) in [5.41, 5.74) is 1.16. The highest BCUT2D eigenvalue weighted by Gasteiger charge is 2.20. The van der Waals surface area contributed by atoms with Crippen molar-refractivity contribution >= 4 is 46.0 Å². The Hall–Kier alpha value is -3.73. The van der Waals surface area contributed by atoms with Crippen LogP contribution in [0.4, 0.5) is 25.3 Å². The van der Waals surface area contributed by atoms with E-state index < -0.39 is 23.5 Å². The molecule has 8 nitrogen and oxygen atoms in total. The third kappa shape index (κ3) is 5.00. The SMILES string of the molecule is COC(=O)/C=C/c1cncc(Nc2snc(C)c2C(=O)Nc2ccc(F)c(F)c2)n1. The molecule has 2 N–H and O–H groups in total. The normalized spacial score (nSPS) is 10.8. The highest BCUT2D eigenvalue weighted by atomic mass is 32.1. The lowest BCUT2D eigenvalue weighted by atomic mass is 10.2. The van der Waals surface area contributed by atoms with Crippen LogP contribution in [0.15, 0.2) is 36.7 Å². The van der Waals surface area contributed by atoms with Gasteiger partial charge in [0.15, 0.2) is 11.6 Å². The number of halogens is 2. The zero-order chi connectivity index (χ0) is 21.7. The van der Waals surface area contributed by atoms with Crippen molar-refractivity contribution in [3.05, 3.63) is 65.3 Å². The molecule has 0 fully saturated rings. The van der Waals surface area contributed by atoms with Crippen LogP contribution in [0.5, 0.6) is 0 Å². The van der Waals surface area contributed by atoms with E-state index in [1.54, 1.807) is 6.92 Å². The molecule has 3 rings (SSSR count). The summed E-state index contributed by atoms with van der Waals surface area (Å²) >= 11 is 1.03. The number of ether oxygens (including phenoxy) is 1. The number of anilines is 3. The van der Waals surface area contributed by atoms with Crippen LogP contribution in [0.3, 0.4) is 0 Å². The van der Waals surface area contributed by atoms with E-state index in [9.17, 15) is 18.4 Å². The Labute approximate surface area is 173 Å². The van der Waals surface area contributed by atoms with Gasteiger partial charge in [0.25, 0.3) is 5.91 Å². The molecule has 11 heteroatoms. The maximum Gasteiger partial charge on any atom is 0.330 e. The first kappa shape index (κ1) is 21.0. The molecule has 1 aromatic carbocycles. The number of methoxy groups -OCH3 is 1. The third-order valence-electron chi connectivity index (χ3n) is 3.75. The van der Waals surface area contributed by atoms with E-state index >= 15 is 0 Å². The number of carbonyl (C=O) groups is 2. The zero-order valence-electron chi connectivity index (χ0n) is 15.8. The molecular formula is C19H15F2N5O3S. The van der Waals surface area contributed by atoms with Crippen LogP contribution >= 0.6 is 11.5 Å². The molecule has 154 valence electrons. The Bertz CT molecular complexity index is 1130. The van der Waals surface area contributed by atoms with Gasteiger partial charge >= 0.3 is 5.97 Å². The Kier molecular flexibility index (Phi) is 6.42. The van der Waals surface area contributed by atoms with Gasteiger partial charge in [-0.25, -0.2) is 18.6 Å². The maximum atomic E-state index is 13.4. The van der Waals surface area contributed by atoms with Crippen molar-refractivity contribution in [2.75, 3.05) is 17.7 Å². The Morgan fingerprint density at radius 3 is 2.73 bits per heavy atom. The number of hydrogen-bond donors (Lipinski definition) is 2. The van der Waals surface area contributed by atoms with Crippen LogP contribution in [0.25, 0.3) is 6.08 Å². The van der Waals surface area contributed by atoms with E-state index in [1.165, 1.54) is 37.7 Å². The van der Waals surface area contributed by atoms with Crippen LogP contribution in [0.2, 0.25) is 0 Å². The molecule has 0 spiro atoms. The zero-order valence-corrected chi connectivity index (χ0v) is 16.6. The second kappa shape index (κ2) is 9.18. The number of nitrogens with zero attached hydrogens (tertiary/aromatic N) is 3. The van der Waals surface area contributed by atoms with Gasteiger partial charge in [-0.2, -0.15) is 4.37 Å². The van der Waals surface area contributed by atoms with Gasteiger partial charge in [0.1, 0.15) is 10.8 Å². The predicted octanol–water partition coefficient (Wildman–Crippen LogP) is 3.70. The molecule has 2 aromatic heterocycles. The van der Waals surface area contributed by atoms with Crippen molar-refractivity contribution < 1.29 is 23.1 Å². The molecule has 0 unspecified atom stereocenters. The van der Waals surface area contributed by atoms with Crippen molar-refractivity contribution in [1.82, 2.24) is 14.3 Å². The van der Waals surface area contributed by atoms with Crippen molar-refractivity contribution in [2.45, 2.75) is 6.92 Å². The molecule has 3 aromatic rings. The summed E-state index contributed by atoms with van der Waals surface area (Å²) in [5, 5.41) is 5.86. The number of carbonyl (C=O) groups excluding carboxylic acids is 2. The second-order valence-electron chi connectivity index (χ2n) is 5.87. The number of amides is 1. The van der Waals surface area contributed by atoms with Crippen molar-refractivity contribution in [3.63, 3.8) is 0 Å². The molecule has 1 amide bonds. The molecular weight excluding hydrogens is 416 g/mol. The van der Waals surface area contributed by atoms with Crippen LogP contribution in [0.1, 0.15) is 21.7 Å². The minimum Gasteiger partial charge on any atom is -0.466 e. The van der Waals surface area contributed by atoms with Crippen LogP contribution in [-0.4, -0.2) is 33.3 Å². The Balaban J connectivity index is 1.80.